The van der Waals surface area contributed by atoms with Gasteiger partial charge in [-0.1, -0.05) is 6.92 Å². The van der Waals surface area contributed by atoms with Crippen molar-refractivity contribution in [2.24, 2.45) is 5.92 Å². The molecule has 2 saturated heterocycles. The maximum atomic E-state index is 12.1. The fourth-order valence-electron chi connectivity index (χ4n) is 2.77. The highest BCUT2D eigenvalue weighted by atomic mass is 16.5. The van der Waals surface area contributed by atoms with E-state index in [2.05, 4.69) is 5.32 Å². The lowest BCUT2D eigenvalue weighted by Crippen LogP contribution is -2.48. The third-order valence-corrected chi connectivity index (χ3v) is 3.99. The maximum absolute atomic E-state index is 12.1. The fourth-order valence-corrected chi connectivity index (χ4v) is 2.77. The highest BCUT2D eigenvalue weighted by Crippen LogP contribution is 2.19. The lowest BCUT2D eigenvalue weighted by Gasteiger charge is -2.26. The number of aliphatic carboxylic acids is 1. The van der Waals surface area contributed by atoms with Crippen molar-refractivity contribution < 1.29 is 19.4 Å². The summed E-state index contributed by atoms with van der Waals surface area (Å²) in [7, 11) is 0. The van der Waals surface area contributed by atoms with E-state index in [4.69, 9.17) is 9.84 Å². The molecule has 2 aliphatic heterocycles. The maximum Gasteiger partial charge on any atom is 0.317 e. The van der Waals surface area contributed by atoms with Crippen molar-refractivity contribution in [3.63, 3.8) is 0 Å². The van der Waals surface area contributed by atoms with Crippen molar-refractivity contribution >= 4 is 12.0 Å². The quantitative estimate of drug-likeness (QED) is 0.800. The molecular formula is C13H22N2O4. The SMILES string of the molecule is CCC(NC(=O)N1CCC(C(=O)O)C1)C1CCCO1. The average Bonchev–Trinajstić information content (AvgIpc) is 3.05. The number of hydrogen-bond donors (Lipinski definition) is 2. The van der Waals surface area contributed by atoms with Crippen LogP contribution in [0.2, 0.25) is 0 Å². The molecule has 0 aromatic carbocycles. The number of urea groups is 1. The Morgan fingerprint density at radius 3 is 2.79 bits per heavy atom. The minimum atomic E-state index is -0.818. The molecule has 2 fully saturated rings. The van der Waals surface area contributed by atoms with Crippen LogP contribution < -0.4 is 5.32 Å². The zero-order chi connectivity index (χ0) is 13.8. The third kappa shape index (κ3) is 3.37. The second kappa shape index (κ2) is 6.23. The molecule has 0 bridgehead atoms. The molecular weight excluding hydrogens is 248 g/mol. The van der Waals surface area contributed by atoms with Crippen molar-refractivity contribution in [1.29, 1.82) is 0 Å². The van der Waals surface area contributed by atoms with E-state index >= 15 is 0 Å². The van der Waals surface area contributed by atoms with Gasteiger partial charge in [0.25, 0.3) is 0 Å². The van der Waals surface area contributed by atoms with Gasteiger partial charge >= 0.3 is 12.0 Å². The second-order valence-electron chi connectivity index (χ2n) is 5.29. The summed E-state index contributed by atoms with van der Waals surface area (Å²) in [6.07, 6.45) is 3.50. The van der Waals surface area contributed by atoms with Gasteiger partial charge in [0, 0.05) is 19.7 Å². The molecule has 0 aliphatic carbocycles. The van der Waals surface area contributed by atoms with Crippen LogP contribution in [0, 0.1) is 5.92 Å². The summed E-state index contributed by atoms with van der Waals surface area (Å²) in [5.41, 5.74) is 0. The Kier molecular flexibility index (Phi) is 4.63. The third-order valence-electron chi connectivity index (χ3n) is 3.99. The molecule has 2 heterocycles. The monoisotopic (exact) mass is 270 g/mol. The van der Waals surface area contributed by atoms with Gasteiger partial charge in [0.05, 0.1) is 18.1 Å². The van der Waals surface area contributed by atoms with Crippen molar-refractivity contribution in [1.82, 2.24) is 10.2 Å². The Bertz CT molecular complexity index is 342. The molecule has 3 atom stereocenters. The standard InChI is InChI=1S/C13H22N2O4/c1-2-10(11-4-3-7-19-11)14-13(18)15-6-5-9(8-15)12(16)17/h9-11H,2-8H2,1H3,(H,14,18)(H,16,17). The molecule has 108 valence electrons. The predicted molar refractivity (Wildman–Crippen MR) is 68.9 cm³/mol. The van der Waals surface area contributed by atoms with E-state index in [9.17, 15) is 9.59 Å². The number of ether oxygens (including phenoxy) is 1. The van der Waals surface area contributed by atoms with Gasteiger partial charge in [0.2, 0.25) is 0 Å². The summed E-state index contributed by atoms with van der Waals surface area (Å²) in [4.78, 5) is 24.6. The first kappa shape index (κ1) is 14.1. The fraction of sp³-hybridized carbons (Fsp3) is 0.846. The largest absolute Gasteiger partial charge is 0.481 e. The van der Waals surface area contributed by atoms with Crippen LogP contribution in [0.3, 0.4) is 0 Å². The minimum Gasteiger partial charge on any atom is -0.481 e. The van der Waals surface area contributed by atoms with Crippen molar-refractivity contribution in [2.45, 2.75) is 44.8 Å². The average molecular weight is 270 g/mol. The molecule has 2 amide bonds. The summed E-state index contributed by atoms with van der Waals surface area (Å²) in [5, 5.41) is 11.9. The van der Waals surface area contributed by atoms with E-state index in [1.54, 1.807) is 4.90 Å². The zero-order valence-electron chi connectivity index (χ0n) is 11.3. The Balaban J connectivity index is 1.84. The van der Waals surface area contributed by atoms with Crippen LogP contribution in [0.5, 0.6) is 0 Å². The summed E-state index contributed by atoms with van der Waals surface area (Å²) >= 11 is 0. The van der Waals surface area contributed by atoms with Crippen molar-refractivity contribution in [3.05, 3.63) is 0 Å². The lowest BCUT2D eigenvalue weighted by atomic mass is 10.1. The van der Waals surface area contributed by atoms with Crippen molar-refractivity contribution in [3.8, 4) is 0 Å². The van der Waals surface area contributed by atoms with Gasteiger partial charge in [-0.25, -0.2) is 4.79 Å². The van der Waals surface area contributed by atoms with Crippen LogP contribution in [0.15, 0.2) is 0 Å². The molecule has 6 heteroatoms. The van der Waals surface area contributed by atoms with Crippen LogP contribution in [0.25, 0.3) is 0 Å². The number of carboxylic acids is 1. The first-order valence-electron chi connectivity index (χ1n) is 7.01. The van der Waals surface area contributed by atoms with E-state index in [0.29, 0.717) is 19.5 Å². The number of nitrogens with zero attached hydrogens (tertiary/aromatic N) is 1. The Labute approximate surface area is 113 Å². The van der Waals surface area contributed by atoms with E-state index in [1.165, 1.54) is 0 Å². The first-order valence-corrected chi connectivity index (χ1v) is 7.01. The molecule has 3 unspecified atom stereocenters. The normalized spacial score (nSPS) is 28.4. The van der Waals surface area contributed by atoms with Crippen LogP contribution in [-0.2, 0) is 9.53 Å². The highest BCUT2D eigenvalue weighted by Gasteiger charge is 2.33. The van der Waals surface area contributed by atoms with Gasteiger partial charge < -0.3 is 20.1 Å². The molecule has 0 spiro atoms. The summed E-state index contributed by atoms with van der Waals surface area (Å²) in [6, 6.07) is -0.134. The van der Waals surface area contributed by atoms with Gasteiger partial charge in [0.1, 0.15) is 0 Å². The molecule has 2 N–H and O–H groups in total. The van der Waals surface area contributed by atoms with Gasteiger partial charge in [0.15, 0.2) is 0 Å². The summed E-state index contributed by atoms with van der Waals surface area (Å²) < 4.78 is 5.60. The van der Waals surface area contributed by atoms with E-state index in [1.807, 2.05) is 6.92 Å². The molecule has 6 nitrogen and oxygen atoms in total. The Morgan fingerprint density at radius 2 is 2.26 bits per heavy atom. The van der Waals surface area contributed by atoms with Gasteiger partial charge in [-0.2, -0.15) is 0 Å². The Morgan fingerprint density at radius 1 is 1.47 bits per heavy atom. The topological polar surface area (TPSA) is 78.9 Å². The van der Waals surface area contributed by atoms with E-state index in [-0.39, 0.29) is 18.2 Å². The van der Waals surface area contributed by atoms with Crippen LogP contribution in [0.1, 0.15) is 32.6 Å². The van der Waals surface area contributed by atoms with Crippen molar-refractivity contribution in [2.75, 3.05) is 19.7 Å². The number of nitrogens with one attached hydrogen (secondary N) is 1. The summed E-state index contributed by atoms with van der Waals surface area (Å²) in [6.45, 7) is 3.62. The second-order valence-corrected chi connectivity index (χ2v) is 5.29. The van der Waals surface area contributed by atoms with Gasteiger partial charge in [-0.05, 0) is 25.7 Å². The van der Waals surface area contributed by atoms with E-state index in [0.717, 1.165) is 25.9 Å². The molecule has 19 heavy (non-hydrogen) atoms. The molecule has 0 aromatic heterocycles. The number of carbonyl (C=O) groups is 2. The smallest absolute Gasteiger partial charge is 0.317 e. The number of likely N-dealkylation sites (tertiary alicyclic amines) is 1. The van der Waals surface area contributed by atoms with Crippen LogP contribution in [0.4, 0.5) is 4.79 Å². The number of rotatable bonds is 4. The van der Waals surface area contributed by atoms with Gasteiger partial charge in [-0.3, -0.25) is 4.79 Å². The van der Waals surface area contributed by atoms with Gasteiger partial charge in [-0.15, -0.1) is 0 Å². The molecule has 0 aromatic rings. The van der Waals surface area contributed by atoms with Crippen LogP contribution in [-0.4, -0.2) is 53.8 Å². The zero-order valence-corrected chi connectivity index (χ0v) is 11.3. The number of amides is 2. The molecule has 0 radical (unpaired) electrons. The predicted octanol–water partition coefficient (Wildman–Crippen LogP) is 1.06. The van der Waals surface area contributed by atoms with E-state index < -0.39 is 11.9 Å². The molecule has 2 aliphatic rings. The Hall–Kier alpha value is -1.30. The number of hydrogen-bond acceptors (Lipinski definition) is 3. The molecule has 0 saturated carbocycles. The number of carboxylic acid groups (broad SMARTS) is 1. The summed E-state index contributed by atoms with van der Waals surface area (Å²) in [5.74, 6) is -1.24. The highest BCUT2D eigenvalue weighted by molar-refractivity contribution is 5.77. The number of carbonyl (C=O) groups excluding carboxylic acids is 1. The first-order chi connectivity index (χ1) is 9.11. The lowest BCUT2D eigenvalue weighted by molar-refractivity contribution is -0.141. The molecule has 2 rings (SSSR count). The minimum absolute atomic E-state index is 0.0267. The van der Waals surface area contributed by atoms with Crippen LogP contribution >= 0.6 is 0 Å².